The van der Waals surface area contributed by atoms with E-state index >= 15 is 0 Å². The van der Waals surface area contributed by atoms with E-state index in [1.165, 1.54) is 0 Å². The molecule has 1 aliphatic rings. The molecule has 1 rings (SSSR count). The van der Waals surface area contributed by atoms with Gasteiger partial charge in [-0.25, -0.2) is 0 Å². The summed E-state index contributed by atoms with van der Waals surface area (Å²) in [5.41, 5.74) is -0.107. The van der Waals surface area contributed by atoms with E-state index in [4.69, 9.17) is 4.74 Å². The van der Waals surface area contributed by atoms with Crippen molar-refractivity contribution in [3.05, 3.63) is 0 Å². The molecule has 1 amide bonds. The van der Waals surface area contributed by atoms with Crippen LogP contribution in [0.25, 0.3) is 0 Å². The van der Waals surface area contributed by atoms with E-state index < -0.39 is 0 Å². The summed E-state index contributed by atoms with van der Waals surface area (Å²) in [6.07, 6.45) is -0.298. The van der Waals surface area contributed by atoms with Gasteiger partial charge >= 0.3 is 0 Å². The van der Waals surface area contributed by atoms with Crippen LogP contribution in [0.5, 0.6) is 0 Å². The van der Waals surface area contributed by atoms with Crippen LogP contribution in [-0.2, 0) is 9.53 Å². The zero-order chi connectivity index (χ0) is 9.35. The number of morpholine rings is 1. The SMILES string of the molecule is CC1COC(C(C)(C)C)C(=O)N1. The monoisotopic (exact) mass is 171 g/mol. The molecule has 3 nitrogen and oxygen atoms in total. The van der Waals surface area contributed by atoms with Crippen molar-refractivity contribution in [2.75, 3.05) is 6.61 Å². The predicted octanol–water partition coefficient (Wildman–Crippen LogP) is 0.936. The molecule has 1 saturated heterocycles. The Morgan fingerprint density at radius 3 is 2.50 bits per heavy atom. The molecule has 0 aromatic carbocycles. The molecule has 1 N–H and O–H groups in total. The van der Waals surface area contributed by atoms with Crippen molar-refractivity contribution in [2.45, 2.75) is 39.8 Å². The Bertz CT molecular complexity index is 183. The molecular weight excluding hydrogens is 154 g/mol. The number of nitrogens with one attached hydrogen (secondary N) is 1. The molecule has 12 heavy (non-hydrogen) atoms. The maximum atomic E-state index is 11.4. The fourth-order valence-corrected chi connectivity index (χ4v) is 1.32. The lowest BCUT2D eigenvalue weighted by Crippen LogP contribution is -2.54. The third-order valence-corrected chi connectivity index (χ3v) is 1.93. The molecule has 0 bridgehead atoms. The van der Waals surface area contributed by atoms with E-state index in [0.29, 0.717) is 6.61 Å². The number of hydrogen-bond acceptors (Lipinski definition) is 2. The van der Waals surface area contributed by atoms with Crippen molar-refractivity contribution in [3.8, 4) is 0 Å². The maximum Gasteiger partial charge on any atom is 0.249 e. The first kappa shape index (κ1) is 9.52. The third kappa shape index (κ3) is 1.97. The van der Waals surface area contributed by atoms with Gasteiger partial charge in [0.15, 0.2) is 0 Å². The number of rotatable bonds is 0. The average Bonchev–Trinajstić information content (AvgIpc) is 1.83. The molecule has 0 radical (unpaired) electrons. The Hall–Kier alpha value is -0.570. The molecule has 0 saturated carbocycles. The Balaban J connectivity index is 2.63. The second-order valence-corrected chi connectivity index (χ2v) is 4.49. The molecule has 1 heterocycles. The number of carbonyl (C=O) groups is 1. The summed E-state index contributed by atoms with van der Waals surface area (Å²) in [5, 5.41) is 2.87. The quantitative estimate of drug-likeness (QED) is 0.589. The molecule has 0 spiro atoms. The molecule has 1 aliphatic heterocycles. The number of hydrogen-bond donors (Lipinski definition) is 1. The maximum absolute atomic E-state index is 11.4. The first-order chi connectivity index (χ1) is 5.41. The van der Waals surface area contributed by atoms with Crippen LogP contribution in [0.1, 0.15) is 27.7 Å². The van der Waals surface area contributed by atoms with Gasteiger partial charge in [0.05, 0.1) is 6.61 Å². The minimum atomic E-state index is -0.298. The van der Waals surface area contributed by atoms with Crippen LogP contribution in [0.15, 0.2) is 0 Å². The first-order valence-corrected chi connectivity index (χ1v) is 4.33. The minimum absolute atomic E-state index is 0.0150. The van der Waals surface area contributed by atoms with Gasteiger partial charge in [0.2, 0.25) is 5.91 Å². The van der Waals surface area contributed by atoms with Gasteiger partial charge in [0, 0.05) is 6.04 Å². The molecule has 0 aromatic heterocycles. The van der Waals surface area contributed by atoms with Gasteiger partial charge in [-0.2, -0.15) is 0 Å². The van der Waals surface area contributed by atoms with E-state index in [1.807, 2.05) is 27.7 Å². The molecule has 2 unspecified atom stereocenters. The Kier molecular flexibility index (Phi) is 2.42. The summed E-state index contributed by atoms with van der Waals surface area (Å²) in [6, 6.07) is 0.149. The molecule has 0 aromatic rings. The lowest BCUT2D eigenvalue weighted by Gasteiger charge is -2.35. The third-order valence-electron chi connectivity index (χ3n) is 1.93. The van der Waals surface area contributed by atoms with Crippen molar-refractivity contribution < 1.29 is 9.53 Å². The summed E-state index contributed by atoms with van der Waals surface area (Å²) in [7, 11) is 0. The van der Waals surface area contributed by atoms with Gasteiger partial charge in [0.25, 0.3) is 0 Å². The van der Waals surface area contributed by atoms with E-state index in [-0.39, 0.29) is 23.5 Å². The van der Waals surface area contributed by atoms with E-state index in [9.17, 15) is 4.79 Å². The average molecular weight is 171 g/mol. The molecule has 1 fully saturated rings. The largest absolute Gasteiger partial charge is 0.366 e. The van der Waals surface area contributed by atoms with Crippen molar-refractivity contribution in [3.63, 3.8) is 0 Å². The molecule has 3 heteroatoms. The van der Waals surface area contributed by atoms with Crippen LogP contribution >= 0.6 is 0 Å². The topological polar surface area (TPSA) is 38.3 Å². The summed E-state index contributed by atoms with van der Waals surface area (Å²) in [5.74, 6) is 0.0150. The van der Waals surface area contributed by atoms with Crippen LogP contribution < -0.4 is 5.32 Å². The summed E-state index contributed by atoms with van der Waals surface area (Å²) < 4.78 is 5.45. The van der Waals surface area contributed by atoms with Crippen LogP contribution in [0, 0.1) is 5.41 Å². The zero-order valence-corrected chi connectivity index (χ0v) is 8.18. The Morgan fingerprint density at radius 1 is 1.50 bits per heavy atom. The number of ether oxygens (including phenoxy) is 1. The second kappa shape index (κ2) is 3.05. The normalized spacial score (nSPS) is 31.5. The van der Waals surface area contributed by atoms with Gasteiger partial charge in [-0.3, -0.25) is 4.79 Å². The second-order valence-electron chi connectivity index (χ2n) is 4.49. The lowest BCUT2D eigenvalue weighted by molar-refractivity contribution is -0.149. The number of carbonyl (C=O) groups excluding carboxylic acids is 1. The molecule has 0 aliphatic carbocycles. The molecular formula is C9H17NO2. The highest BCUT2D eigenvalue weighted by atomic mass is 16.5. The highest BCUT2D eigenvalue weighted by molar-refractivity contribution is 5.82. The van der Waals surface area contributed by atoms with E-state index in [0.717, 1.165) is 0 Å². The predicted molar refractivity (Wildman–Crippen MR) is 46.8 cm³/mol. The van der Waals surface area contributed by atoms with Crippen LogP contribution in [0.2, 0.25) is 0 Å². The molecule has 70 valence electrons. The minimum Gasteiger partial charge on any atom is -0.366 e. The standard InChI is InChI=1S/C9H17NO2/c1-6-5-12-7(8(11)10-6)9(2,3)4/h6-7H,5H2,1-4H3,(H,10,11). The Labute approximate surface area is 73.5 Å². The van der Waals surface area contributed by atoms with Crippen molar-refractivity contribution in [1.29, 1.82) is 0 Å². The van der Waals surface area contributed by atoms with Gasteiger partial charge in [-0.1, -0.05) is 20.8 Å². The smallest absolute Gasteiger partial charge is 0.249 e. The molecule has 2 atom stereocenters. The summed E-state index contributed by atoms with van der Waals surface area (Å²) in [6.45, 7) is 8.58. The fraction of sp³-hybridized carbons (Fsp3) is 0.889. The van der Waals surface area contributed by atoms with Gasteiger partial charge in [-0.05, 0) is 12.3 Å². The fourth-order valence-electron chi connectivity index (χ4n) is 1.32. The highest BCUT2D eigenvalue weighted by Crippen LogP contribution is 2.24. The van der Waals surface area contributed by atoms with Gasteiger partial charge < -0.3 is 10.1 Å². The van der Waals surface area contributed by atoms with E-state index in [1.54, 1.807) is 0 Å². The van der Waals surface area contributed by atoms with Gasteiger partial charge in [0.1, 0.15) is 6.10 Å². The highest BCUT2D eigenvalue weighted by Gasteiger charge is 2.35. The summed E-state index contributed by atoms with van der Waals surface area (Å²) >= 11 is 0. The first-order valence-electron chi connectivity index (χ1n) is 4.33. The van der Waals surface area contributed by atoms with Crippen molar-refractivity contribution >= 4 is 5.91 Å². The van der Waals surface area contributed by atoms with Crippen molar-refractivity contribution in [2.24, 2.45) is 5.41 Å². The van der Waals surface area contributed by atoms with Crippen molar-refractivity contribution in [1.82, 2.24) is 5.32 Å². The summed E-state index contributed by atoms with van der Waals surface area (Å²) in [4.78, 5) is 11.4. The zero-order valence-electron chi connectivity index (χ0n) is 8.18. The van der Waals surface area contributed by atoms with E-state index in [2.05, 4.69) is 5.32 Å². The number of amides is 1. The Morgan fingerprint density at radius 2 is 2.08 bits per heavy atom. The van der Waals surface area contributed by atoms with Crippen LogP contribution in [0.3, 0.4) is 0 Å². The lowest BCUT2D eigenvalue weighted by atomic mass is 9.87. The van der Waals surface area contributed by atoms with Crippen LogP contribution in [0.4, 0.5) is 0 Å². The van der Waals surface area contributed by atoms with Gasteiger partial charge in [-0.15, -0.1) is 0 Å². The van der Waals surface area contributed by atoms with Crippen LogP contribution in [-0.4, -0.2) is 24.7 Å².